The number of esters is 1. The molecule has 0 aromatic heterocycles. The molecule has 0 saturated heterocycles. The molecule has 1 aromatic carbocycles. The zero-order valence-electron chi connectivity index (χ0n) is 17.5. The molecule has 0 fully saturated rings. The lowest BCUT2D eigenvalue weighted by Crippen LogP contribution is -2.38. The third-order valence-electron chi connectivity index (χ3n) is 4.12. The first-order valence-corrected chi connectivity index (χ1v) is 9.99. The molecule has 0 saturated carbocycles. The Morgan fingerprint density at radius 1 is 1.00 bits per heavy atom. The SMILES string of the molecule is CCOCCCNC(=NCc1ccc(OC)cc1)NCCCCCC(=O)OC. The van der Waals surface area contributed by atoms with Gasteiger partial charge >= 0.3 is 5.97 Å². The average molecular weight is 394 g/mol. The third kappa shape index (κ3) is 11.4. The van der Waals surface area contributed by atoms with Gasteiger partial charge in [0.1, 0.15) is 5.75 Å². The Kier molecular flexibility index (Phi) is 13.4. The van der Waals surface area contributed by atoms with Gasteiger partial charge in [-0.2, -0.15) is 0 Å². The van der Waals surface area contributed by atoms with Crippen molar-refractivity contribution in [3.63, 3.8) is 0 Å². The molecule has 0 heterocycles. The van der Waals surface area contributed by atoms with Crippen LogP contribution in [0.2, 0.25) is 0 Å². The van der Waals surface area contributed by atoms with Crippen LogP contribution < -0.4 is 15.4 Å². The highest BCUT2D eigenvalue weighted by Gasteiger charge is 2.02. The largest absolute Gasteiger partial charge is 0.497 e. The minimum Gasteiger partial charge on any atom is -0.497 e. The number of nitrogens with one attached hydrogen (secondary N) is 2. The Balaban J connectivity index is 2.41. The van der Waals surface area contributed by atoms with E-state index in [4.69, 9.17) is 9.47 Å². The lowest BCUT2D eigenvalue weighted by atomic mass is 10.2. The highest BCUT2D eigenvalue weighted by atomic mass is 16.5. The molecule has 1 aromatic rings. The highest BCUT2D eigenvalue weighted by Crippen LogP contribution is 2.11. The fourth-order valence-corrected chi connectivity index (χ4v) is 2.48. The molecular formula is C21H35N3O4. The highest BCUT2D eigenvalue weighted by molar-refractivity contribution is 5.79. The molecule has 0 unspecified atom stereocenters. The van der Waals surface area contributed by atoms with Gasteiger partial charge in [0.2, 0.25) is 0 Å². The van der Waals surface area contributed by atoms with Gasteiger partial charge in [-0.1, -0.05) is 18.6 Å². The maximum Gasteiger partial charge on any atom is 0.305 e. The first-order valence-electron chi connectivity index (χ1n) is 9.99. The van der Waals surface area contributed by atoms with Crippen molar-refractivity contribution >= 4 is 11.9 Å². The van der Waals surface area contributed by atoms with Crippen LogP contribution in [0.3, 0.4) is 0 Å². The summed E-state index contributed by atoms with van der Waals surface area (Å²) in [5.74, 6) is 1.48. The van der Waals surface area contributed by atoms with E-state index < -0.39 is 0 Å². The van der Waals surface area contributed by atoms with Crippen LogP contribution in [0.4, 0.5) is 0 Å². The molecule has 7 heteroatoms. The summed E-state index contributed by atoms with van der Waals surface area (Å²) in [6.07, 6.45) is 4.19. The van der Waals surface area contributed by atoms with E-state index in [-0.39, 0.29) is 5.97 Å². The topological polar surface area (TPSA) is 81.2 Å². The van der Waals surface area contributed by atoms with Crippen LogP contribution in [-0.2, 0) is 20.8 Å². The molecule has 2 N–H and O–H groups in total. The summed E-state index contributed by atoms with van der Waals surface area (Å²) in [7, 11) is 3.08. The molecule has 0 atom stereocenters. The van der Waals surface area contributed by atoms with E-state index in [1.165, 1.54) is 7.11 Å². The Labute approximate surface area is 168 Å². The second-order valence-electron chi connectivity index (χ2n) is 6.30. The Hall–Kier alpha value is -2.28. The van der Waals surface area contributed by atoms with Gasteiger partial charge in [-0.25, -0.2) is 4.99 Å². The number of aliphatic imine (C=N–C) groups is 1. The summed E-state index contributed by atoms with van der Waals surface area (Å²) in [6.45, 7) is 5.67. The predicted molar refractivity (Wildman–Crippen MR) is 112 cm³/mol. The van der Waals surface area contributed by atoms with Crippen LogP contribution in [-0.4, -0.2) is 52.5 Å². The second kappa shape index (κ2) is 15.7. The van der Waals surface area contributed by atoms with Gasteiger partial charge < -0.3 is 24.8 Å². The van der Waals surface area contributed by atoms with Gasteiger partial charge in [-0.15, -0.1) is 0 Å². The zero-order chi connectivity index (χ0) is 20.5. The summed E-state index contributed by atoms with van der Waals surface area (Å²) >= 11 is 0. The van der Waals surface area contributed by atoms with E-state index in [0.29, 0.717) is 13.0 Å². The number of benzene rings is 1. The van der Waals surface area contributed by atoms with Gasteiger partial charge in [0.25, 0.3) is 0 Å². The van der Waals surface area contributed by atoms with Crippen molar-refractivity contribution in [2.45, 2.75) is 45.6 Å². The number of ether oxygens (including phenoxy) is 3. The molecule has 0 spiro atoms. The van der Waals surface area contributed by atoms with Crippen molar-refractivity contribution in [3.05, 3.63) is 29.8 Å². The number of guanidine groups is 1. The number of nitrogens with zero attached hydrogens (tertiary/aromatic N) is 1. The van der Waals surface area contributed by atoms with Crippen molar-refractivity contribution < 1.29 is 19.0 Å². The molecule has 158 valence electrons. The molecule has 0 radical (unpaired) electrons. The van der Waals surface area contributed by atoms with E-state index in [0.717, 1.165) is 69.3 Å². The first kappa shape index (κ1) is 23.8. The van der Waals surface area contributed by atoms with E-state index >= 15 is 0 Å². The number of carbonyl (C=O) groups is 1. The maximum atomic E-state index is 11.1. The molecule has 0 bridgehead atoms. The molecule has 1 rings (SSSR count). The van der Waals surface area contributed by atoms with Gasteiger partial charge in [0.05, 0.1) is 20.8 Å². The molecule has 28 heavy (non-hydrogen) atoms. The third-order valence-corrected chi connectivity index (χ3v) is 4.12. The van der Waals surface area contributed by atoms with Crippen LogP contribution in [0.25, 0.3) is 0 Å². The standard InChI is InChI=1S/C21H35N3O4/c1-4-28-16-8-15-23-21(22-14-7-5-6-9-20(25)27-3)24-17-18-10-12-19(26-2)13-11-18/h10-13H,4-9,14-17H2,1-3H3,(H2,22,23,24). The number of rotatable bonds is 14. The smallest absolute Gasteiger partial charge is 0.305 e. The van der Waals surface area contributed by atoms with Gasteiger partial charge in [0.15, 0.2) is 5.96 Å². The van der Waals surface area contributed by atoms with Crippen LogP contribution in [0.5, 0.6) is 5.75 Å². The van der Waals surface area contributed by atoms with Crippen molar-refractivity contribution in [1.82, 2.24) is 10.6 Å². The van der Waals surface area contributed by atoms with Crippen molar-refractivity contribution in [1.29, 1.82) is 0 Å². The number of unbranched alkanes of at least 4 members (excludes halogenated alkanes) is 2. The van der Waals surface area contributed by atoms with E-state index in [9.17, 15) is 4.79 Å². The quantitative estimate of drug-likeness (QED) is 0.219. The minimum absolute atomic E-state index is 0.148. The maximum absolute atomic E-state index is 11.1. The van der Waals surface area contributed by atoms with Crippen molar-refractivity contribution in [3.8, 4) is 5.75 Å². The van der Waals surface area contributed by atoms with Crippen LogP contribution in [0.1, 0.15) is 44.6 Å². The fraction of sp³-hybridized carbons (Fsp3) is 0.619. The van der Waals surface area contributed by atoms with Crippen LogP contribution in [0, 0.1) is 0 Å². The Morgan fingerprint density at radius 2 is 1.71 bits per heavy atom. The molecule has 0 aliphatic heterocycles. The summed E-state index contributed by atoms with van der Waals surface area (Å²) < 4.78 is 15.2. The first-order chi connectivity index (χ1) is 13.7. The summed E-state index contributed by atoms with van der Waals surface area (Å²) in [5, 5.41) is 6.71. The Bertz CT molecular complexity index is 561. The minimum atomic E-state index is -0.148. The lowest BCUT2D eigenvalue weighted by molar-refractivity contribution is -0.140. The van der Waals surface area contributed by atoms with E-state index in [1.807, 2.05) is 31.2 Å². The van der Waals surface area contributed by atoms with E-state index in [1.54, 1.807) is 7.11 Å². The summed E-state index contributed by atoms with van der Waals surface area (Å²) in [4.78, 5) is 15.8. The van der Waals surface area contributed by atoms with Crippen LogP contribution >= 0.6 is 0 Å². The predicted octanol–water partition coefficient (Wildman–Crippen LogP) is 2.89. The average Bonchev–Trinajstić information content (AvgIpc) is 2.73. The van der Waals surface area contributed by atoms with Gasteiger partial charge in [-0.3, -0.25) is 4.79 Å². The zero-order valence-corrected chi connectivity index (χ0v) is 17.5. The number of hydrogen-bond donors (Lipinski definition) is 2. The van der Waals surface area contributed by atoms with E-state index in [2.05, 4.69) is 20.4 Å². The monoisotopic (exact) mass is 393 g/mol. The summed E-state index contributed by atoms with van der Waals surface area (Å²) in [5.41, 5.74) is 1.12. The van der Waals surface area contributed by atoms with Gasteiger partial charge in [-0.05, 0) is 43.9 Å². The number of carbonyl (C=O) groups excluding carboxylic acids is 1. The molecule has 7 nitrogen and oxygen atoms in total. The molecular weight excluding hydrogens is 358 g/mol. The summed E-state index contributed by atoms with van der Waals surface area (Å²) in [6, 6.07) is 7.91. The lowest BCUT2D eigenvalue weighted by Gasteiger charge is -2.13. The van der Waals surface area contributed by atoms with Crippen molar-refractivity contribution in [2.24, 2.45) is 4.99 Å². The van der Waals surface area contributed by atoms with Gasteiger partial charge in [0, 0.05) is 32.7 Å². The Morgan fingerprint density at radius 3 is 2.36 bits per heavy atom. The molecule has 0 aliphatic rings. The number of hydrogen-bond acceptors (Lipinski definition) is 5. The number of methoxy groups -OCH3 is 2. The fourth-order valence-electron chi connectivity index (χ4n) is 2.48. The second-order valence-corrected chi connectivity index (χ2v) is 6.30. The van der Waals surface area contributed by atoms with Crippen LogP contribution in [0.15, 0.2) is 29.3 Å². The normalized spacial score (nSPS) is 11.2. The molecule has 0 amide bonds. The molecule has 0 aliphatic carbocycles. The van der Waals surface area contributed by atoms with Crippen molar-refractivity contribution in [2.75, 3.05) is 40.5 Å².